The van der Waals surface area contributed by atoms with Gasteiger partial charge in [0, 0.05) is 13.0 Å². The maximum atomic E-state index is 11.8. The van der Waals surface area contributed by atoms with Gasteiger partial charge in [-0.25, -0.2) is 0 Å². The van der Waals surface area contributed by atoms with Gasteiger partial charge in [-0.1, -0.05) is 19.8 Å². The molecule has 0 aromatic rings. The molecular weight excluding hydrogens is 262 g/mol. The number of carbonyl (C=O) groups excluding carboxylic acids is 1. The smallest absolute Gasteiger partial charge is 0.303 e. The van der Waals surface area contributed by atoms with E-state index in [9.17, 15) is 9.59 Å². The number of hydrogen-bond acceptors (Lipinski definition) is 4. The molecule has 1 amide bonds. The summed E-state index contributed by atoms with van der Waals surface area (Å²) in [5.41, 5.74) is 0. The Morgan fingerprint density at radius 2 is 2.10 bits per heavy atom. The first-order valence-electron chi connectivity index (χ1n) is 7.32. The average Bonchev–Trinajstić information content (AvgIpc) is 2.45. The van der Waals surface area contributed by atoms with Gasteiger partial charge in [-0.05, 0) is 18.8 Å². The van der Waals surface area contributed by atoms with Crippen LogP contribution in [0, 0.1) is 5.92 Å². The molecule has 2 unspecified atom stereocenters. The molecular formula is C14H25NO5. The monoisotopic (exact) mass is 287 g/mol. The summed E-state index contributed by atoms with van der Waals surface area (Å²) >= 11 is 0. The van der Waals surface area contributed by atoms with E-state index >= 15 is 0 Å². The van der Waals surface area contributed by atoms with Crippen molar-refractivity contribution in [1.82, 2.24) is 5.32 Å². The lowest BCUT2D eigenvalue weighted by molar-refractivity contribution is -0.147. The molecule has 1 rings (SSSR count). The normalized spacial score (nSPS) is 20.4. The van der Waals surface area contributed by atoms with Gasteiger partial charge < -0.3 is 19.9 Å². The van der Waals surface area contributed by atoms with Gasteiger partial charge in [0.1, 0.15) is 0 Å². The lowest BCUT2D eigenvalue weighted by atomic mass is 9.94. The summed E-state index contributed by atoms with van der Waals surface area (Å²) in [6, 6.07) is 0. The molecule has 116 valence electrons. The van der Waals surface area contributed by atoms with Gasteiger partial charge in [-0.2, -0.15) is 0 Å². The van der Waals surface area contributed by atoms with Crippen LogP contribution in [-0.4, -0.2) is 49.5 Å². The minimum atomic E-state index is -0.761. The zero-order chi connectivity index (χ0) is 14.8. The Morgan fingerprint density at radius 3 is 2.70 bits per heavy atom. The summed E-state index contributed by atoms with van der Waals surface area (Å²) < 4.78 is 10.5. The largest absolute Gasteiger partial charge is 0.481 e. The van der Waals surface area contributed by atoms with Crippen LogP contribution >= 0.6 is 0 Å². The average molecular weight is 287 g/mol. The van der Waals surface area contributed by atoms with Gasteiger partial charge in [0.2, 0.25) is 0 Å². The van der Waals surface area contributed by atoms with E-state index < -0.39 is 12.1 Å². The molecule has 2 atom stereocenters. The summed E-state index contributed by atoms with van der Waals surface area (Å²) in [6.07, 6.45) is 3.18. The lowest BCUT2D eigenvalue weighted by Crippen LogP contribution is -2.43. The Balaban J connectivity index is 2.21. The number of rotatable bonds is 9. The van der Waals surface area contributed by atoms with Crippen LogP contribution in [0.4, 0.5) is 0 Å². The van der Waals surface area contributed by atoms with Crippen molar-refractivity contribution in [2.24, 2.45) is 5.92 Å². The number of amides is 1. The lowest BCUT2D eigenvalue weighted by Gasteiger charge is -2.22. The SMILES string of the molecule is CCCC(CCNC(=O)C1COCCO1)CCC(=O)O. The molecule has 2 N–H and O–H groups in total. The van der Waals surface area contributed by atoms with E-state index in [0.29, 0.717) is 38.7 Å². The van der Waals surface area contributed by atoms with Crippen LogP contribution in [-0.2, 0) is 19.1 Å². The Bertz CT molecular complexity index is 302. The van der Waals surface area contributed by atoms with Crippen LogP contribution in [0.2, 0.25) is 0 Å². The third kappa shape index (κ3) is 6.86. The zero-order valence-corrected chi connectivity index (χ0v) is 12.1. The molecule has 0 spiro atoms. The molecule has 1 aliphatic rings. The van der Waals surface area contributed by atoms with Gasteiger partial charge in [-0.15, -0.1) is 0 Å². The third-order valence-electron chi connectivity index (χ3n) is 3.42. The van der Waals surface area contributed by atoms with Crippen molar-refractivity contribution in [1.29, 1.82) is 0 Å². The molecule has 0 aliphatic carbocycles. The maximum Gasteiger partial charge on any atom is 0.303 e. The Morgan fingerprint density at radius 1 is 1.30 bits per heavy atom. The second-order valence-corrected chi connectivity index (χ2v) is 5.10. The van der Waals surface area contributed by atoms with Crippen LogP contribution in [0.15, 0.2) is 0 Å². The molecule has 6 heteroatoms. The number of carbonyl (C=O) groups is 2. The van der Waals surface area contributed by atoms with Gasteiger partial charge in [0.15, 0.2) is 6.10 Å². The fourth-order valence-corrected chi connectivity index (χ4v) is 2.32. The molecule has 6 nitrogen and oxygen atoms in total. The highest BCUT2D eigenvalue weighted by Crippen LogP contribution is 2.17. The summed E-state index contributed by atoms with van der Waals surface area (Å²) in [7, 11) is 0. The molecule has 0 radical (unpaired) electrons. The molecule has 20 heavy (non-hydrogen) atoms. The fourth-order valence-electron chi connectivity index (χ4n) is 2.32. The van der Waals surface area contributed by atoms with E-state index in [0.717, 1.165) is 19.3 Å². The predicted molar refractivity (Wildman–Crippen MR) is 73.5 cm³/mol. The van der Waals surface area contributed by atoms with Gasteiger partial charge in [0.25, 0.3) is 5.91 Å². The van der Waals surface area contributed by atoms with Crippen LogP contribution in [0.1, 0.15) is 39.0 Å². The van der Waals surface area contributed by atoms with Crippen LogP contribution < -0.4 is 5.32 Å². The summed E-state index contributed by atoms with van der Waals surface area (Å²) in [4.78, 5) is 22.4. The van der Waals surface area contributed by atoms with Crippen molar-refractivity contribution >= 4 is 11.9 Å². The molecule has 0 aromatic heterocycles. The number of aliphatic carboxylic acids is 1. The molecule has 0 bridgehead atoms. The molecule has 0 aromatic carbocycles. The quantitative estimate of drug-likeness (QED) is 0.665. The first kappa shape index (κ1) is 16.9. The van der Waals surface area contributed by atoms with Crippen molar-refractivity contribution < 1.29 is 24.2 Å². The van der Waals surface area contributed by atoms with Gasteiger partial charge in [0.05, 0.1) is 19.8 Å². The summed E-state index contributed by atoms with van der Waals surface area (Å²) in [5.74, 6) is -0.555. The standard InChI is InChI=1S/C14H25NO5/c1-2-3-11(4-5-13(16)17)6-7-15-14(18)12-10-19-8-9-20-12/h11-12H,2-10H2,1H3,(H,15,18)(H,16,17). The molecule has 1 aliphatic heterocycles. The van der Waals surface area contributed by atoms with E-state index in [1.165, 1.54) is 0 Å². The van der Waals surface area contributed by atoms with Crippen LogP contribution in [0.3, 0.4) is 0 Å². The molecule has 1 heterocycles. The highest BCUT2D eigenvalue weighted by Gasteiger charge is 2.22. The van der Waals surface area contributed by atoms with E-state index in [2.05, 4.69) is 12.2 Å². The van der Waals surface area contributed by atoms with Crippen molar-refractivity contribution in [3.63, 3.8) is 0 Å². The van der Waals surface area contributed by atoms with E-state index in [4.69, 9.17) is 14.6 Å². The zero-order valence-electron chi connectivity index (χ0n) is 12.1. The van der Waals surface area contributed by atoms with E-state index in [-0.39, 0.29) is 12.3 Å². The molecule has 1 fully saturated rings. The number of carboxylic acids is 1. The summed E-state index contributed by atoms with van der Waals surface area (Å²) in [6.45, 7) is 3.94. The second kappa shape index (κ2) is 9.72. The Labute approximate surface area is 119 Å². The van der Waals surface area contributed by atoms with Crippen molar-refractivity contribution in [3.8, 4) is 0 Å². The fraction of sp³-hybridized carbons (Fsp3) is 0.857. The minimum Gasteiger partial charge on any atom is -0.481 e. The first-order chi connectivity index (χ1) is 9.63. The number of hydrogen-bond donors (Lipinski definition) is 2. The van der Waals surface area contributed by atoms with Gasteiger partial charge in [-0.3, -0.25) is 9.59 Å². The maximum absolute atomic E-state index is 11.8. The van der Waals surface area contributed by atoms with E-state index in [1.807, 2.05) is 0 Å². The molecule has 1 saturated heterocycles. The second-order valence-electron chi connectivity index (χ2n) is 5.10. The summed E-state index contributed by atoms with van der Waals surface area (Å²) in [5, 5.41) is 11.6. The highest BCUT2D eigenvalue weighted by molar-refractivity contribution is 5.80. The number of carboxylic acid groups (broad SMARTS) is 1. The van der Waals surface area contributed by atoms with Gasteiger partial charge >= 0.3 is 5.97 Å². The van der Waals surface area contributed by atoms with E-state index in [1.54, 1.807) is 0 Å². The Kier molecular flexibility index (Phi) is 8.22. The van der Waals surface area contributed by atoms with Crippen molar-refractivity contribution in [2.75, 3.05) is 26.4 Å². The van der Waals surface area contributed by atoms with Crippen LogP contribution in [0.25, 0.3) is 0 Å². The highest BCUT2D eigenvalue weighted by atomic mass is 16.6. The third-order valence-corrected chi connectivity index (χ3v) is 3.42. The Hall–Kier alpha value is -1.14. The number of ether oxygens (including phenoxy) is 2. The topological polar surface area (TPSA) is 84.9 Å². The van der Waals surface area contributed by atoms with Crippen LogP contribution in [0.5, 0.6) is 0 Å². The number of nitrogens with one attached hydrogen (secondary N) is 1. The van der Waals surface area contributed by atoms with Crippen molar-refractivity contribution in [3.05, 3.63) is 0 Å². The molecule has 0 saturated carbocycles. The van der Waals surface area contributed by atoms with Crippen molar-refractivity contribution in [2.45, 2.75) is 45.1 Å². The minimum absolute atomic E-state index is 0.141. The first-order valence-corrected chi connectivity index (χ1v) is 7.32. The predicted octanol–water partition coefficient (Wildman–Crippen LogP) is 1.19.